The second-order valence-electron chi connectivity index (χ2n) is 9.58. The molecule has 39 heavy (non-hydrogen) atoms. The molecule has 10 nitrogen and oxygen atoms in total. The molecule has 0 bridgehead atoms. The number of anilines is 3. The van der Waals surface area contributed by atoms with Gasteiger partial charge in [0.25, 0.3) is 11.8 Å². The van der Waals surface area contributed by atoms with Crippen molar-refractivity contribution in [2.45, 2.75) is 33.2 Å². The van der Waals surface area contributed by atoms with E-state index < -0.39 is 17.9 Å². The monoisotopic (exact) mass is 552 g/mol. The van der Waals surface area contributed by atoms with Crippen molar-refractivity contribution in [2.75, 3.05) is 42.8 Å². The van der Waals surface area contributed by atoms with Crippen molar-refractivity contribution in [1.29, 1.82) is 0 Å². The molecular formula is C28H36N6O4S. The van der Waals surface area contributed by atoms with Crippen molar-refractivity contribution in [1.82, 2.24) is 9.69 Å². The lowest BCUT2D eigenvalue weighted by molar-refractivity contribution is -0.122. The van der Waals surface area contributed by atoms with E-state index in [0.717, 1.165) is 23.6 Å². The lowest BCUT2D eigenvalue weighted by Gasteiger charge is -2.32. The molecule has 5 N–H and O–H groups in total. The number of nitrogens with one attached hydrogen (secondary N) is 1. The zero-order valence-electron chi connectivity index (χ0n) is 22.9. The molecule has 0 unspecified atom stereocenters. The van der Waals surface area contributed by atoms with Crippen molar-refractivity contribution in [3.63, 3.8) is 0 Å². The summed E-state index contributed by atoms with van der Waals surface area (Å²) in [5.41, 5.74) is 13.1. The molecule has 3 aromatic rings. The van der Waals surface area contributed by atoms with Crippen molar-refractivity contribution < 1.29 is 19.1 Å². The first-order chi connectivity index (χ1) is 18.6. The summed E-state index contributed by atoms with van der Waals surface area (Å²) < 4.78 is 9.86. The number of nitrogens with zero attached hydrogens (tertiary/aromatic N) is 3. The number of hydrogen-bond acceptors (Lipinski definition) is 8. The highest BCUT2D eigenvalue weighted by Gasteiger charge is 2.37. The fourth-order valence-electron chi connectivity index (χ4n) is 3.99. The molecule has 0 aliphatic heterocycles. The Morgan fingerprint density at radius 3 is 2.31 bits per heavy atom. The minimum Gasteiger partial charge on any atom is -0.492 e. The van der Waals surface area contributed by atoms with Gasteiger partial charge in [-0.25, -0.2) is 0 Å². The molecule has 1 atom stereocenters. The van der Waals surface area contributed by atoms with Gasteiger partial charge in [0, 0.05) is 26.3 Å². The van der Waals surface area contributed by atoms with Gasteiger partial charge in [-0.3, -0.25) is 19.3 Å². The van der Waals surface area contributed by atoms with Crippen LogP contribution in [0.1, 0.15) is 59.0 Å². The number of aromatic nitrogens is 1. The fraction of sp³-hybridized carbons (Fsp3) is 0.357. The van der Waals surface area contributed by atoms with E-state index in [9.17, 15) is 14.4 Å². The SMILES string of the molecule is CCOc1ccccc1N(C(=O)c1snc(C(N)=O)c1N)[C@@H](C(=O)NCCC(C)C)c1ccc(N(C)C)cc1. The Morgan fingerprint density at radius 2 is 1.74 bits per heavy atom. The van der Waals surface area contributed by atoms with E-state index in [1.807, 2.05) is 50.2 Å². The van der Waals surface area contributed by atoms with Gasteiger partial charge in [-0.2, -0.15) is 4.37 Å². The first-order valence-corrected chi connectivity index (χ1v) is 13.5. The fourth-order valence-corrected chi connectivity index (χ4v) is 4.73. The third-order valence-electron chi connectivity index (χ3n) is 6.05. The van der Waals surface area contributed by atoms with E-state index in [2.05, 4.69) is 23.5 Å². The molecule has 1 aromatic heterocycles. The van der Waals surface area contributed by atoms with E-state index in [0.29, 0.717) is 36.1 Å². The average molecular weight is 553 g/mol. The summed E-state index contributed by atoms with van der Waals surface area (Å²) in [7, 11) is 3.84. The number of rotatable bonds is 12. The quantitative estimate of drug-likeness (QED) is 0.310. The van der Waals surface area contributed by atoms with E-state index >= 15 is 0 Å². The minimum absolute atomic E-state index is 0.00000591. The third-order valence-corrected chi connectivity index (χ3v) is 6.90. The molecule has 0 saturated heterocycles. The minimum atomic E-state index is -1.08. The van der Waals surface area contributed by atoms with Crippen LogP contribution in [0.15, 0.2) is 48.5 Å². The summed E-state index contributed by atoms with van der Waals surface area (Å²) >= 11 is 0.761. The standard InChI is InChI=1S/C28H36N6O4S/c1-6-38-21-10-8-7-9-20(21)34(28(37)25-22(29)23(26(30)35)32-39-25)24(27(36)31-16-15-17(2)3)18-11-13-19(14-12-18)33(4)5/h7-14,17,24H,6,15-16,29H2,1-5H3,(H2,30,35)(H,31,36)/t24-/m1/s1. The zero-order valence-corrected chi connectivity index (χ0v) is 23.7. The number of primary amides is 1. The molecule has 2 aromatic carbocycles. The van der Waals surface area contributed by atoms with Crippen LogP contribution in [0.2, 0.25) is 0 Å². The maximum atomic E-state index is 14.3. The number of amides is 3. The Morgan fingerprint density at radius 1 is 1.08 bits per heavy atom. The molecule has 3 amide bonds. The van der Waals surface area contributed by atoms with Gasteiger partial charge < -0.3 is 26.4 Å². The Kier molecular flexibility index (Phi) is 9.89. The van der Waals surface area contributed by atoms with E-state index in [4.69, 9.17) is 16.2 Å². The van der Waals surface area contributed by atoms with Crippen LogP contribution in [-0.2, 0) is 4.79 Å². The third kappa shape index (κ3) is 6.85. The Bertz CT molecular complexity index is 1310. The highest BCUT2D eigenvalue weighted by Crippen LogP contribution is 2.38. The number of para-hydroxylation sites is 2. The van der Waals surface area contributed by atoms with Gasteiger partial charge in [0.15, 0.2) is 5.69 Å². The van der Waals surface area contributed by atoms with Crippen LogP contribution in [0.3, 0.4) is 0 Å². The van der Waals surface area contributed by atoms with E-state index in [-0.39, 0.29) is 22.2 Å². The second-order valence-corrected chi connectivity index (χ2v) is 10.3. The topological polar surface area (TPSA) is 144 Å². The zero-order chi connectivity index (χ0) is 28.7. The number of hydrogen-bond donors (Lipinski definition) is 3. The average Bonchev–Trinajstić information content (AvgIpc) is 3.29. The van der Waals surface area contributed by atoms with Gasteiger partial charge in [-0.15, -0.1) is 0 Å². The highest BCUT2D eigenvalue weighted by atomic mass is 32.1. The van der Waals surface area contributed by atoms with Crippen LogP contribution >= 0.6 is 11.5 Å². The predicted octanol–water partition coefficient (Wildman–Crippen LogP) is 3.84. The number of nitrogens with two attached hydrogens (primary N) is 2. The number of carbonyl (C=O) groups is 3. The number of nitrogen functional groups attached to an aromatic ring is 1. The largest absolute Gasteiger partial charge is 0.492 e. The van der Waals surface area contributed by atoms with Crippen molar-refractivity contribution in [2.24, 2.45) is 11.7 Å². The highest BCUT2D eigenvalue weighted by molar-refractivity contribution is 7.09. The first kappa shape index (κ1) is 29.4. The number of ether oxygens (including phenoxy) is 1. The van der Waals surface area contributed by atoms with Gasteiger partial charge in [-0.1, -0.05) is 38.1 Å². The normalized spacial score (nSPS) is 11.6. The molecule has 0 aliphatic carbocycles. The van der Waals surface area contributed by atoms with E-state index in [1.165, 1.54) is 4.90 Å². The van der Waals surface area contributed by atoms with Crippen LogP contribution in [0.5, 0.6) is 5.75 Å². The smallest absolute Gasteiger partial charge is 0.273 e. The van der Waals surface area contributed by atoms with Crippen LogP contribution < -0.4 is 31.3 Å². The van der Waals surface area contributed by atoms with Gasteiger partial charge in [0.2, 0.25) is 5.91 Å². The van der Waals surface area contributed by atoms with Crippen molar-refractivity contribution in [3.8, 4) is 5.75 Å². The van der Waals surface area contributed by atoms with Gasteiger partial charge in [0.1, 0.15) is 16.7 Å². The second kappa shape index (κ2) is 13.1. The van der Waals surface area contributed by atoms with Crippen molar-refractivity contribution in [3.05, 3.63) is 64.7 Å². The molecule has 0 radical (unpaired) electrons. The van der Waals surface area contributed by atoms with Crippen LogP contribution in [-0.4, -0.2) is 49.3 Å². The van der Waals surface area contributed by atoms with E-state index in [1.54, 1.807) is 24.3 Å². The lowest BCUT2D eigenvalue weighted by atomic mass is 10.0. The summed E-state index contributed by atoms with van der Waals surface area (Å²) in [6, 6.07) is 13.3. The Hall–Kier alpha value is -4.12. The van der Waals surface area contributed by atoms with Gasteiger partial charge in [-0.05, 0) is 60.6 Å². The molecule has 11 heteroatoms. The molecule has 0 spiro atoms. The van der Waals surface area contributed by atoms with Crippen LogP contribution in [0.25, 0.3) is 0 Å². The molecule has 208 valence electrons. The summed E-state index contributed by atoms with van der Waals surface area (Å²) in [6.45, 7) is 6.75. The van der Waals surface area contributed by atoms with Crippen LogP contribution in [0.4, 0.5) is 17.1 Å². The van der Waals surface area contributed by atoms with Crippen molar-refractivity contribution >= 4 is 46.3 Å². The number of benzene rings is 2. The van der Waals surface area contributed by atoms with Gasteiger partial charge >= 0.3 is 0 Å². The Labute approximate surface area is 233 Å². The summed E-state index contributed by atoms with van der Waals surface area (Å²) in [6.07, 6.45) is 0.769. The molecule has 0 saturated carbocycles. The molecule has 0 fully saturated rings. The predicted molar refractivity (Wildman–Crippen MR) is 155 cm³/mol. The molecule has 1 heterocycles. The first-order valence-electron chi connectivity index (χ1n) is 12.7. The van der Waals surface area contributed by atoms with Gasteiger partial charge in [0.05, 0.1) is 18.0 Å². The van der Waals surface area contributed by atoms with Crippen LogP contribution in [0, 0.1) is 5.92 Å². The summed E-state index contributed by atoms with van der Waals surface area (Å²) in [5, 5.41) is 2.99. The Balaban J connectivity index is 2.23. The molecular weight excluding hydrogens is 516 g/mol. The maximum Gasteiger partial charge on any atom is 0.273 e. The molecule has 3 rings (SSSR count). The number of carbonyl (C=O) groups excluding carboxylic acids is 3. The lowest BCUT2D eigenvalue weighted by Crippen LogP contribution is -2.44. The maximum absolute atomic E-state index is 14.3. The summed E-state index contributed by atoms with van der Waals surface area (Å²) in [5.74, 6) is -1.03. The molecule has 0 aliphatic rings. The summed E-state index contributed by atoms with van der Waals surface area (Å²) in [4.78, 5) is 43.3.